The molecule has 1 amide bonds. The zero-order valence-electron chi connectivity index (χ0n) is 19.0. The zero-order valence-corrected chi connectivity index (χ0v) is 20.5. The fourth-order valence-corrected chi connectivity index (χ4v) is 5.30. The highest BCUT2D eigenvalue weighted by atomic mass is 35.5. The van der Waals surface area contributed by atoms with Crippen LogP contribution >= 0.6 is 23.2 Å². The Morgan fingerprint density at radius 2 is 1.79 bits per heavy atom. The van der Waals surface area contributed by atoms with Gasteiger partial charge < -0.3 is 9.84 Å². The van der Waals surface area contributed by atoms with Gasteiger partial charge in [-0.2, -0.15) is 0 Å². The predicted octanol–water partition coefficient (Wildman–Crippen LogP) is 6.78. The maximum Gasteiger partial charge on any atom is 0.337 e. The van der Waals surface area contributed by atoms with E-state index in [9.17, 15) is 14.7 Å². The summed E-state index contributed by atoms with van der Waals surface area (Å²) in [5.41, 5.74) is 2.64. The van der Waals surface area contributed by atoms with Crippen molar-refractivity contribution in [2.45, 2.75) is 44.6 Å². The Bertz CT molecular complexity index is 1370. The summed E-state index contributed by atoms with van der Waals surface area (Å²) in [6.45, 7) is 6.04. The SMILES string of the molecule is CC1(C)CCc2cc([C@]3(C)C(=O)N(c4ccc(C(=O)O)c(Cl)c4)c4ccc(Cl)cc43)ccc2O1. The minimum Gasteiger partial charge on any atom is -0.488 e. The number of aromatic carboxylic acids is 1. The van der Waals surface area contributed by atoms with E-state index in [1.54, 1.807) is 17.0 Å². The molecule has 2 aliphatic heterocycles. The van der Waals surface area contributed by atoms with Gasteiger partial charge in [-0.15, -0.1) is 0 Å². The highest BCUT2D eigenvalue weighted by Crippen LogP contribution is 2.51. The van der Waals surface area contributed by atoms with Crippen molar-refractivity contribution in [2.24, 2.45) is 0 Å². The fourth-order valence-electron chi connectivity index (χ4n) is 4.87. The molecule has 0 fully saturated rings. The molecule has 1 N–H and O–H groups in total. The minimum atomic E-state index is -1.12. The molecule has 0 saturated heterocycles. The lowest BCUT2D eigenvalue weighted by molar-refractivity contribution is -0.120. The number of nitrogens with zero attached hydrogens (tertiary/aromatic N) is 1. The van der Waals surface area contributed by atoms with Crippen LogP contribution in [0.2, 0.25) is 10.0 Å². The first-order valence-electron chi connectivity index (χ1n) is 11.0. The number of anilines is 2. The van der Waals surface area contributed by atoms with Gasteiger partial charge in [-0.1, -0.05) is 35.3 Å². The molecule has 0 aliphatic carbocycles. The van der Waals surface area contributed by atoms with Crippen molar-refractivity contribution in [3.05, 3.63) is 86.9 Å². The van der Waals surface area contributed by atoms with Gasteiger partial charge in [0.15, 0.2) is 0 Å². The van der Waals surface area contributed by atoms with Gasteiger partial charge >= 0.3 is 5.97 Å². The zero-order chi connectivity index (χ0) is 24.4. The number of benzene rings is 3. The van der Waals surface area contributed by atoms with Crippen LogP contribution in [0.3, 0.4) is 0 Å². The van der Waals surface area contributed by atoms with Gasteiger partial charge in [0.25, 0.3) is 0 Å². The Morgan fingerprint density at radius 3 is 2.50 bits per heavy atom. The minimum absolute atomic E-state index is 0.0197. The van der Waals surface area contributed by atoms with Crippen LogP contribution in [0.25, 0.3) is 0 Å². The van der Waals surface area contributed by atoms with E-state index in [4.69, 9.17) is 27.9 Å². The van der Waals surface area contributed by atoms with E-state index >= 15 is 0 Å². The van der Waals surface area contributed by atoms with Crippen LogP contribution in [-0.2, 0) is 16.6 Å². The van der Waals surface area contributed by atoms with E-state index in [0.717, 1.165) is 35.3 Å². The van der Waals surface area contributed by atoms with Crippen molar-refractivity contribution in [2.75, 3.05) is 4.90 Å². The molecule has 0 aromatic heterocycles. The van der Waals surface area contributed by atoms with E-state index in [2.05, 4.69) is 19.9 Å². The molecule has 3 aromatic rings. The Morgan fingerprint density at radius 1 is 1.03 bits per heavy atom. The lowest BCUT2D eigenvalue weighted by Crippen LogP contribution is -2.37. The van der Waals surface area contributed by atoms with Gasteiger partial charge in [-0.3, -0.25) is 9.69 Å². The largest absolute Gasteiger partial charge is 0.488 e. The topological polar surface area (TPSA) is 66.8 Å². The number of amides is 1. The van der Waals surface area contributed by atoms with Gasteiger partial charge in [0.2, 0.25) is 5.91 Å². The van der Waals surface area contributed by atoms with Crippen LogP contribution in [-0.4, -0.2) is 22.6 Å². The number of carboxylic acids is 1. The standard InChI is InChI=1S/C27H23Cl2NO4/c1-26(2)11-10-15-12-16(4-9-23(15)34-26)27(3)20-13-17(28)5-8-22(20)30(25(27)33)18-6-7-19(24(31)32)21(29)14-18/h4-9,12-14H,10-11H2,1-3H3,(H,31,32)/t27-/m0/s1. The highest BCUT2D eigenvalue weighted by molar-refractivity contribution is 6.34. The molecule has 0 spiro atoms. The Hall–Kier alpha value is -3.02. The summed E-state index contributed by atoms with van der Waals surface area (Å²) in [6, 6.07) is 15.8. The number of aryl methyl sites for hydroxylation is 1. The first kappa shape index (κ1) is 22.8. The first-order chi connectivity index (χ1) is 16.0. The molecule has 5 rings (SSSR count). The van der Waals surface area contributed by atoms with Crippen LogP contribution < -0.4 is 9.64 Å². The third kappa shape index (κ3) is 3.46. The lowest BCUT2D eigenvalue weighted by atomic mass is 9.76. The quantitative estimate of drug-likeness (QED) is 0.434. The number of halogens is 2. The summed E-state index contributed by atoms with van der Waals surface area (Å²) in [7, 11) is 0. The summed E-state index contributed by atoms with van der Waals surface area (Å²) >= 11 is 12.6. The van der Waals surface area contributed by atoms with Crippen molar-refractivity contribution >= 4 is 46.5 Å². The summed E-state index contributed by atoms with van der Waals surface area (Å²) in [6.07, 6.45) is 1.75. The molecular formula is C27H23Cl2NO4. The summed E-state index contributed by atoms with van der Waals surface area (Å²) in [5, 5.41) is 9.93. The molecule has 3 aromatic carbocycles. The molecule has 0 radical (unpaired) electrons. The molecular weight excluding hydrogens is 473 g/mol. The average molecular weight is 496 g/mol. The van der Waals surface area contributed by atoms with Crippen LogP contribution in [0, 0.1) is 0 Å². The van der Waals surface area contributed by atoms with Crippen molar-refractivity contribution in [3.8, 4) is 5.75 Å². The van der Waals surface area contributed by atoms with Gasteiger partial charge in [-0.05, 0) is 92.8 Å². The summed E-state index contributed by atoms with van der Waals surface area (Å²) < 4.78 is 6.14. The van der Waals surface area contributed by atoms with E-state index in [-0.39, 0.29) is 22.1 Å². The van der Waals surface area contributed by atoms with Gasteiger partial charge in [0.1, 0.15) is 11.4 Å². The lowest BCUT2D eigenvalue weighted by Gasteiger charge is -2.34. The number of carbonyl (C=O) groups is 2. The number of carbonyl (C=O) groups excluding carboxylic acids is 1. The third-order valence-corrected chi connectivity index (χ3v) is 7.38. The third-order valence-electron chi connectivity index (χ3n) is 6.83. The Labute approximate surface area is 207 Å². The molecule has 2 aliphatic rings. The number of rotatable bonds is 3. The van der Waals surface area contributed by atoms with Crippen molar-refractivity contribution < 1.29 is 19.4 Å². The molecule has 2 heterocycles. The van der Waals surface area contributed by atoms with Crippen molar-refractivity contribution in [1.29, 1.82) is 0 Å². The van der Waals surface area contributed by atoms with Crippen LogP contribution in [0.1, 0.15) is 54.2 Å². The molecule has 5 nitrogen and oxygen atoms in total. The molecule has 1 atom stereocenters. The Kier molecular flexibility index (Phi) is 5.19. The van der Waals surface area contributed by atoms with Crippen molar-refractivity contribution in [3.63, 3.8) is 0 Å². The van der Waals surface area contributed by atoms with Gasteiger partial charge in [0, 0.05) is 5.02 Å². The van der Waals surface area contributed by atoms with E-state index in [0.29, 0.717) is 16.4 Å². The molecule has 0 bridgehead atoms. The predicted molar refractivity (Wildman–Crippen MR) is 133 cm³/mol. The molecule has 174 valence electrons. The molecule has 0 saturated carbocycles. The molecule has 7 heteroatoms. The second-order valence-electron chi connectivity index (χ2n) is 9.58. The summed E-state index contributed by atoms with van der Waals surface area (Å²) in [4.78, 5) is 27.1. The second-order valence-corrected chi connectivity index (χ2v) is 10.4. The van der Waals surface area contributed by atoms with Crippen LogP contribution in [0.5, 0.6) is 5.75 Å². The smallest absolute Gasteiger partial charge is 0.337 e. The first-order valence-corrected chi connectivity index (χ1v) is 11.8. The highest BCUT2D eigenvalue weighted by Gasteiger charge is 2.49. The monoisotopic (exact) mass is 495 g/mol. The summed E-state index contributed by atoms with van der Waals surface area (Å²) in [5.74, 6) is -0.449. The number of fused-ring (bicyclic) bond motifs is 2. The van der Waals surface area contributed by atoms with E-state index < -0.39 is 11.4 Å². The van der Waals surface area contributed by atoms with Crippen molar-refractivity contribution in [1.82, 2.24) is 0 Å². The number of ether oxygens (including phenoxy) is 1. The number of hydrogen-bond acceptors (Lipinski definition) is 3. The maximum absolute atomic E-state index is 14.1. The molecule has 0 unspecified atom stereocenters. The average Bonchev–Trinajstić information content (AvgIpc) is 3.00. The maximum atomic E-state index is 14.1. The van der Waals surface area contributed by atoms with Crippen LogP contribution in [0.15, 0.2) is 54.6 Å². The second kappa shape index (κ2) is 7.76. The Balaban J connectivity index is 1.65. The number of carboxylic acid groups (broad SMARTS) is 1. The van der Waals surface area contributed by atoms with Gasteiger partial charge in [0.05, 0.1) is 27.4 Å². The fraction of sp³-hybridized carbons (Fsp3) is 0.259. The van der Waals surface area contributed by atoms with Crippen LogP contribution in [0.4, 0.5) is 11.4 Å². The van der Waals surface area contributed by atoms with E-state index in [1.807, 2.05) is 31.2 Å². The van der Waals surface area contributed by atoms with Gasteiger partial charge in [-0.25, -0.2) is 4.79 Å². The normalized spacial score (nSPS) is 20.5. The van der Waals surface area contributed by atoms with E-state index in [1.165, 1.54) is 12.1 Å². The number of hydrogen-bond donors (Lipinski definition) is 1. The molecule has 34 heavy (non-hydrogen) atoms.